The van der Waals surface area contributed by atoms with Crippen LogP contribution in [-0.4, -0.2) is 16.9 Å². The summed E-state index contributed by atoms with van der Waals surface area (Å²) in [6.07, 6.45) is 1.52. The van der Waals surface area contributed by atoms with Crippen LogP contribution in [0.5, 0.6) is 5.75 Å². The molecular weight excluding hydrogens is 432 g/mol. The van der Waals surface area contributed by atoms with Crippen molar-refractivity contribution in [2.45, 2.75) is 6.61 Å². The fraction of sp³-hybridized carbons (Fsp3) is 0.0417. The molecule has 4 rings (SSSR count). The van der Waals surface area contributed by atoms with Gasteiger partial charge < -0.3 is 4.74 Å². The Bertz CT molecular complexity index is 1180. The predicted octanol–water partition coefficient (Wildman–Crippen LogP) is 4.75. The first-order valence-electron chi connectivity index (χ1n) is 9.46. The molecule has 0 aromatic heterocycles. The molecule has 1 fully saturated rings. The number of carbonyl (C=O) groups excluding carboxylic acids is 2. The maximum absolute atomic E-state index is 13.1. The second-order valence-corrected chi connectivity index (χ2v) is 7.57. The van der Waals surface area contributed by atoms with Crippen molar-refractivity contribution in [1.29, 1.82) is 0 Å². The highest BCUT2D eigenvalue weighted by Crippen LogP contribution is 2.26. The minimum absolute atomic E-state index is 0.0278. The predicted molar refractivity (Wildman–Crippen MR) is 125 cm³/mol. The van der Waals surface area contributed by atoms with E-state index in [1.165, 1.54) is 11.0 Å². The van der Waals surface area contributed by atoms with Gasteiger partial charge in [-0.2, -0.15) is 0 Å². The molecule has 31 heavy (non-hydrogen) atoms. The second-order valence-electron chi connectivity index (χ2n) is 6.75. The summed E-state index contributed by atoms with van der Waals surface area (Å²) < 4.78 is 5.94. The lowest BCUT2D eigenvalue weighted by Crippen LogP contribution is -2.54. The summed E-state index contributed by atoms with van der Waals surface area (Å²) in [5.41, 5.74) is 2.10. The molecule has 7 heteroatoms. The third-order valence-corrected chi connectivity index (χ3v) is 5.18. The van der Waals surface area contributed by atoms with E-state index in [9.17, 15) is 9.59 Å². The fourth-order valence-corrected chi connectivity index (χ4v) is 3.50. The zero-order chi connectivity index (χ0) is 21.8. The summed E-state index contributed by atoms with van der Waals surface area (Å²) in [4.78, 5) is 27.0. The van der Waals surface area contributed by atoms with E-state index < -0.39 is 11.8 Å². The van der Waals surface area contributed by atoms with E-state index in [-0.39, 0.29) is 10.7 Å². The monoisotopic (exact) mass is 448 g/mol. The lowest BCUT2D eigenvalue weighted by molar-refractivity contribution is -0.122. The highest BCUT2D eigenvalue weighted by molar-refractivity contribution is 7.80. The number of nitrogens with zero attached hydrogens (tertiary/aromatic N) is 1. The van der Waals surface area contributed by atoms with Crippen LogP contribution in [0.3, 0.4) is 0 Å². The van der Waals surface area contributed by atoms with Crippen molar-refractivity contribution in [3.63, 3.8) is 0 Å². The zero-order valence-corrected chi connectivity index (χ0v) is 17.8. The molecule has 0 unspecified atom stereocenters. The molecule has 1 aliphatic rings. The Morgan fingerprint density at radius 1 is 0.935 bits per heavy atom. The van der Waals surface area contributed by atoms with Crippen LogP contribution in [0.2, 0.25) is 5.02 Å². The maximum atomic E-state index is 13.1. The number of hydrogen-bond donors (Lipinski definition) is 1. The van der Waals surface area contributed by atoms with Gasteiger partial charge in [-0.15, -0.1) is 0 Å². The number of amides is 2. The Morgan fingerprint density at radius 2 is 1.61 bits per heavy atom. The number of rotatable bonds is 5. The fourth-order valence-electron chi connectivity index (χ4n) is 3.10. The van der Waals surface area contributed by atoms with Crippen molar-refractivity contribution >= 4 is 52.5 Å². The van der Waals surface area contributed by atoms with Crippen LogP contribution in [0.15, 0.2) is 84.4 Å². The molecule has 2 amide bonds. The summed E-state index contributed by atoms with van der Waals surface area (Å²) in [7, 11) is 0. The average Bonchev–Trinajstić information content (AvgIpc) is 2.77. The highest BCUT2D eigenvalue weighted by Gasteiger charge is 2.34. The number of thiocarbonyl (C=S) groups is 1. The van der Waals surface area contributed by atoms with Gasteiger partial charge in [-0.25, -0.2) is 0 Å². The van der Waals surface area contributed by atoms with Gasteiger partial charge in [0.1, 0.15) is 17.9 Å². The van der Waals surface area contributed by atoms with Crippen LogP contribution < -0.4 is 15.0 Å². The van der Waals surface area contributed by atoms with E-state index in [0.717, 1.165) is 5.56 Å². The summed E-state index contributed by atoms with van der Waals surface area (Å²) in [5.74, 6) is -0.493. The maximum Gasteiger partial charge on any atom is 0.270 e. The van der Waals surface area contributed by atoms with Crippen LogP contribution >= 0.6 is 23.8 Å². The van der Waals surface area contributed by atoms with Crippen LogP contribution in [0.1, 0.15) is 11.1 Å². The number of nitrogens with one attached hydrogen (secondary N) is 1. The summed E-state index contributed by atoms with van der Waals surface area (Å²) in [6, 6.07) is 23.5. The van der Waals surface area contributed by atoms with Crippen molar-refractivity contribution in [3.8, 4) is 5.75 Å². The lowest BCUT2D eigenvalue weighted by Gasteiger charge is -2.28. The van der Waals surface area contributed by atoms with Crippen molar-refractivity contribution in [2.24, 2.45) is 0 Å². The molecule has 5 nitrogen and oxygen atoms in total. The first-order chi connectivity index (χ1) is 15.0. The minimum Gasteiger partial charge on any atom is -0.488 e. The molecule has 0 bridgehead atoms. The van der Waals surface area contributed by atoms with E-state index in [1.807, 2.05) is 30.3 Å². The first kappa shape index (κ1) is 20.8. The van der Waals surface area contributed by atoms with Crippen molar-refractivity contribution in [3.05, 3.63) is 101 Å². The SMILES string of the molecule is O=C1NC(=S)N(c2ccccc2)C(=O)/C1=C\c1ccccc1OCc1ccc(Cl)cc1. The molecule has 1 aliphatic heterocycles. The molecule has 0 radical (unpaired) electrons. The van der Waals surface area contributed by atoms with Gasteiger partial charge in [0.15, 0.2) is 5.11 Å². The van der Waals surface area contributed by atoms with Crippen LogP contribution in [0.25, 0.3) is 6.08 Å². The summed E-state index contributed by atoms with van der Waals surface area (Å²) in [6.45, 7) is 0.317. The molecule has 1 heterocycles. The average molecular weight is 449 g/mol. The normalized spacial score (nSPS) is 15.2. The molecular formula is C24H17ClN2O3S. The molecule has 0 atom stereocenters. The molecule has 154 valence electrons. The Labute approximate surface area is 189 Å². The zero-order valence-electron chi connectivity index (χ0n) is 16.2. The van der Waals surface area contributed by atoms with Gasteiger partial charge in [-0.1, -0.05) is 60.1 Å². The Hall–Kier alpha value is -3.48. The van der Waals surface area contributed by atoms with E-state index in [1.54, 1.807) is 48.5 Å². The van der Waals surface area contributed by atoms with E-state index in [0.29, 0.717) is 28.6 Å². The van der Waals surface area contributed by atoms with Crippen molar-refractivity contribution < 1.29 is 14.3 Å². The molecule has 3 aromatic carbocycles. The third kappa shape index (κ3) is 4.66. The third-order valence-electron chi connectivity index (χ3n) is 4.64. The molecule has 3 aromatic rings. The number of carbonyl (C=O) groups is 2. The van der Waals surface area contributed by atoms with Crippen LogP contribution in [0, 0.1) is 0 Å². The molecule has 0 aliphatic carbocycles. The van der Waals surface area contributed by atoms with Crippen molar-refractivity contribution in [2.75, 3.05) is 4.90 Å². The highest BCUT2D eigenvalue weighted by atomic mass is 35.5. The molecule has 1 saturated heterocycles. The van der Waals surface area contributed by atoms with Gasteiger partial charge in [0, 0.05) is 10.6 Å². The minimum atomic E-state index is -0.547. The smallest absolute Gasteiger partial charge is 0.270 e. The number of anilines is 1. The van der Waals surface area contributed by atoms with Gasteiger partial charge in [0.05, 0.1) is 5.69 Å². The topological polar surface area (TPSA) is 58.6 Å². The number of halogens is 1. The summed E-state index contributed by atoms with van der Waals surface area (Å²) >= 11 is 11.1. The van der Waals surface area contributed by atoms with Gasteiger partial charge in [-0.05, 0) is 54.2 Å². The van der Waals surface area contributed by atoms with Gasteiger partial charge in [0.25, 0.3) is 11.8 Å². The van der Waals surface area contributed by atoms with Gasteiger partial charge in [0.2, 0.25) is 0 Å². The molecule has 1 N–H and O–H groups in total. The molecule has 0 spiro atoms. The van der Waals surface area contributed by atoms with Gasteiger partial charge in [-0.3, -0.25) is 19.8 Å². The van der Waals surface area contributed by atoms with Gasteiger partial charge >= 0.3 is 0 Å². The van der Waals surface area contributed by atoms with E-state index >= 15 is 0 Å². The largest absolute Gasteiger partial charge is 0.488 e. The van der Waals surface area contributed by atoms with Crippen LogP contribution in [0.4, 0.5) is 5.69 Å². The number of hydrogen-bond acceptors (Lipinski definition) is 4. The summed E-state index contributed by atoms with van der Waals surface area (Å²) in [5, 5.41) is 3.28. The van der Waals surface area contributed by atoms with Crippen molar-refractivity contribution in [1.82, 2.24) is 5.32 Å². The Kier molecular flexibility index (Phi) is 6.11. The number of ether oxygens (including phenoxy) is 1. The quantitative estimate of drug-likeness (QED) is 0.347. The molecule has 0 saturated carbocycles. The number of benzene rings is 3. The first-order valence-corrected chi connectivity index (χ1v) is 10.2. The van der Waals surface area contributed by atoms with Crippen LogP contribution in [-0.2, 0) is 16.2 Å². The Morgan fingerprint density at radius 3 is 2.35 bits per heavy atom. The second kappa shape index (κ2) is 9.12. The lowest BCUT2D eigenvalue weighted by atomic mass is 10.1. The number of para-hydroxylation sites is 2. The standard InChI is InChI=1S/C24H17ClN2O3S/c25-18-12-10-16(11-13-18)15-30-21-9-5-4-6-17(21)14-20-22(28)26-24(31)27(23(20)29)19-7-2-1-3-8-19/h1-14H,15H2,(H,26,28,31)/b20-14-. The Balaban J connectivity index is 1.62. The van der Waals surface area contributed by atoms with E-state index in [2.05, 4.69) is 5.32 Å². The van der Waals surface area contributed by atoms with E-state index in [4.69, 9.17) is 28.6 Å².